The molecule has 0 saturated carbocycles. The van der Waals surface area contributed by atoms with Gasteiger partial charge in [-0.25, -0.2) is 0 Å². The number of aliphatic hydroxyl groups excluding tert-OH is 2. The van der Waals surface area contributed by atoms with Crippen LogP contribution in [0.3, 0.4) is 0 Å². The molecule has 34 heavy (non-hydrogen) atoms. The van der Waals surface area contributed by atoms with Crippen LogP contribution >= 0.6 is 23.2 Å². The van der Waals surface area contributed by atoms with Crippen LogP contribution < -0.4 is 0 Å². The first-order valence-corrected chi connectivity index (χ1v) is 12.1. The summed E-state index contributed by atoms with van der Waals surface area (Å²) in [5, 5.41) is 21.6. The van der Waals surface area contributed by atoms with Gasteiger partial charge in [0.1, 0.15) is 0 Å². The second-order valence-corrected chi connectivity index (χ2v) is 9.99. The molecule has 0 aliphatic carbocycles. The average Bonchev–Trinajstić information content (AvgIpc) is 2.82. The molecule has 2 N–H and O–H groups in total. The first-order chi connectivity index (χ1) is 16.1. The molecular weight excluding hydrogens is 477 g/mol. The van der Waals surface area contributed by atoms with Gasteiger partial charge in [0.25, 0.3) is 0 Å². The Bertz CT molecular complexity index is 1010. The molecule has 3 rings (SSSR count). The molecule has 1 aliphatic heterocycles. The minimum Gasteiger partial charge on any atom is -0.469 e. The summed E-state index contributed by atoms with van der Waals surface area (Å²) in [5.74, 6) is -0.996. The number of likely N-dealkylation sites (tertiary alicyclic amines) is 1. The predicted octanol–water partition coefficient (Wildman–Crippen LogP) is 4.75. The second-order valence-electron chi connectivity index (χ2n) is 9.11. The number of rotatable bonds is 8. The minimum absolute atomic E-state index is 0.102. The lowest BCUT2D eigenvalue weighted by atomic mass is 9.66. The van der Waals surface area contributed by atoms with Crippen molar-refractivity contribution < 1.29 is 24.5 Å². The van der Waals surface area contributed by atoms with Crippen molar-refractivity contribution in [2.45, 2.75) is 57.2 Å². The lowest BCUT2D eigenvalue weighted by Crippen LogP contribution is -2.59. The second kappa shape index (κ2) is 11.1. The fraction of sp³-hybridized carbons (Fsp3) is 0.462. The number of methoxy groups -OCH3 is 1. The topological polar surface area (TPSA) is 87.1 Å². The van der Waals surface area contributed by atoms with Crippen molar-refractivity contribution in [3.8, 4) is 0 Å². The molecule has 1 aliphatic rings. The van der Waals surface area contributed by atoms with E-state index in [2.05, 4.69) is 0 Å². The first-order valence-electron chi connectivity index (χ1n) is 11.3. The van der Waals surface area contributed by atoms with E-state index in [9.17, 15) is 19.8 Å². The Morgan fingerprint density at radius 2 is 1.85 bits per heavy atom. The van der Waals surface area contributed by atoms with Crippen LogP contribution in [-0.4, -0.2) is 52.9 Å². The van der Waals surface area contributed by atoms with Gasteiger partial charge < -0.3 is 19.8 Å². The van der Waals surface area contributed by atoms with Crippen LogP contribution in [0.25, 0.3) is 0 Å². The lowest BCUT2D eigenvalue weighted by Gasteiger charge is -2.52. The fourth-order valence-corrected chi connectivity index (χ4v) is 5.40. The van der Waals surface area contributed by atoms with E-state index in [1.807, 2.05) is 37.3 Å². The number of carbonyl (C=O) groups excluding carboxylic acids is 2. The standard InChI is InChI=1S/C26H31Cl2NO5/c1-4-21(22(31)15-30)29-24(16-8-10-18(27)11-9-16)20(17-6-5-7-19(28)12-17)13-26(2,25(29)33)14-23(32)34-3/h5-12,20-22,24,30-31H,4,13-15H2,1-3H3/t20?,21-,22?,24+,26+/m0/s1. The Hall–Kier alpha value is -2.12. The highest BCUT2D eigenvalue weighted by Crippen LogP contribution is 2.52. The number of aliphatic hydroxyl groups is 2. The van der Waals surface area contributed by atoms with Crippen LogP contribution in [0.5, 0.6) is 0 Å². The summed E-state index contributed by atoms with van der Waals surface area (Å²) in [5.41, 5.74) is 0.673. The van der Waals surface area contributed by atoms with Crippen molar-refractivity contribution in [3.05, 3.63) is 69.7 Å². The Balaban J connectivity index is 2.25. The molecule has 5 atom stereocenters. The Morgan fingerprint density at radius 1 is 1.18 bits per heavy atom. The van der Waals surface area contributed by atoms with Crippen LogP contribution in [0.1, 0.15) is 56.2 Å². The maximum absolute atomic E-state index is 14.1. The summed E-state index contributed by atoms with van der Waals surface area (Å²) in [6, 6.07) is 13.6. The molecule has 1 fully saturated rings. The molecule has 2 unspecified atom stereocenters. The molecule has 2 aromatic carbocycles. The molecule has 2 aromatic rings. The van der Waals surface area contributed by atoms with Gasteiger partial charge in [-0.2, -0.15) is 0 Å². The molecule has 1 heterocycles. The molecule has 0 aromatic heterocycles. The number of nitrogens with zero attached hydrogens (tertiary/aromatic N) is 1. The van der Waals surface area contributed by atoms with E-state index in [4.69, 9.17) is 27.9 Å². The Morgan fingerprint density at radius 3 is 2.41 bits per heavy atom. The van der Waals surface area contributed by atoms with Gasteiger partial charge in [0, 0.05) is 16.0 Å². The molecule has 0 radical (unpaired) electrons. The zero-order chi connectivity index (χ0) is 25.0. The van der Waals surface area contributed by atoms with Gasteiger partial charge in [-0.15, -0.1) is 0 Å². The zero-order valence-corrected chi connectivity index (χ0v) is 21.1. The first kappa shape index (κ1) is 26.5. The van der Waals surface area contributed by atoms with Crippen LogP contribution in [0, 0.1) is 5.41 Å². The number of hydrogen-bond acceptors (Lipinski definition) is 5. The molecule has 184 valence electrons. The summed E-state index contributed by atoms with van der Waals surface area (Å²) < 4.78 is 4.91. The number of benzene rings is 2. The Kier molecular flexibility index (Phi) is 8.63. The molecule has 0 spiro atoms. The molecule has 8 heteroatoms. The van der Waals surface area contributed by atoms with Crippen molar-refractivity contribution in [2.24, 2.45) is 5.41 Å². The van der Waals surface area contributed by atoms with Crippen molar-refractivity contribution in [1.29, 1.82) is 0 Å². The average molecular weight is 508 g/mol. The van der Waals surface area contributed by atoms with Gasteiger partial charge in [0.05, 0.1) is 43.7 Å². The molecular formula is C26H31Cl2NO5. The lowest BCUT2D eigenvalue weighted by molar-refractivity contribution is -0.165. The molecule has 0 bridgehead atoms. The number of esters is 1. The Labute approximate surface area is 210 Å². The van der Waals surface area contributed by atoms with E-state index in [1.165, 1.54) is 7.11 Å². The van der Waals surface area contributed by atoms with Gasteiger partial charge >= 0.3 is 5.97 Å². The summed E-state index contributed by atoms with van der Waals surface area (Å²) >= 11 is 12.5. The predicted molar refractivity (Wildman–Crippen MR) is 132 cm³/mol. The molecule has 1 saturated heterocycles. The van der Waals surface area contributed by atoms with Crippen LogP contribution in [-0.2, 0) is 14.3 Å². The quantitative estimate of drug-likeness (QED) is 0.503. The van der Waals surface area contributed by atoms with Gasteiger partial charge in [-0.3, -0.25) is 9.59 Å². The highest BCUT2D eigenvalue weighted by atomic mass is 35.5. The molecule has 6 nitrogen and oxygen atoms in total. The third kappa shape index (κ3) is 5.41. The van der Waals surface area contributed by atoms with E-state index >= 15 is 0 Å². The van der Waals surface area contributed by atoms with Gasteiger partial charge in [0.15, 0.2) is 0 Å². The van der Waals surface area contributed by atoms with E-state index in [1.54, 1.807) is 30.0 Å². The number of amides is 1. The summed E-state index contributed by atoms with van der Waals surface area (Å²) in [7, 11) is 1.30. The van der Waals surface area contributed by atoms with E-state index in [0.29, 0.717) is 22.9 Å². The normalized spacial score (nSPS) is 24.6. The van der Waals surface area contributed by atoms with E-state index < -0.39 is 36.2 Å². The SMILES string of the molecule is CC[C@@H](C(O)CO)N1C(=O)[C@@](C)(CC(=O)OC)CC(c2cccc(Cl)c2)[C@H]1c1ccc(Cl)cc1. The van der Waals surface area contributed by atoms with Gasteiger partial charge in [0.2, 0.25) is 5.91 Å². The number of halogens is 2. The summed E-state index contributed by atoms with van der Waals surface area (Å²) in [6.45, 7) is 3.12. The molecule has 1 amide bonds. The van der Waals surface area contributed by atoms with E-state index in [-0.39, 0.29) is 18.2 Å². The summed E-state index contributed by atoms with van der Waals surface area (Å²) in [4.78, 5) is 28.1. The number of hydrogen-bond donors (Lipinski definition) is 2. The maximum atomic E-state index is 14.1. The zero-order valence-electron chi connectivity index (χ0n) is 19.6. The maximum Gasteiger partial charge on any atom is 0.306 e. The van der Waals surface area contributed by atoms with Gasteiger partial charge in [-0.1, -0.05) is 61.3 Å². The van der Waals surface area contributed by atoms with Crippen LogP contribution in [0.2, 0.25) is 10.0 Å². The monoisotopic (exact) mass is 507 g/mol. The fourth-order valence-electron chi connectivity index (χ4n) is 5.08. The third-order valence-corrected chi connectivity index (χ3v) is 7.25. The number of carbonyl (C=O) groups is 2. The third-order valence-electron chi connectivity index (χ3n) is 6.76. The van der Waals surface area contributed by atoms with Crippen molar-refractivity contribution in [2.75, 3.05) is 13.7 Å². The van der Waals surface area contributed by atoms with E-state index in [0.717, 1.165) is 11.1 Å². The van der Waals surface area contributed by atoms with Crippen LogP contribution in [0.15, 0.2) is 48.5 Å². The summed E-state index contributed by atoms with van der Waals surface area (Å²) in [6.07, 6.45) is -0.469. The highest BCUT2D eigenvalue weighted by Gasteiger charge is 2.53. The smallest absolute Gasteiger partial charge is 0.306 e. The largest absolute Gasteiger partial charge is 0.469 e. The van der Waals surface area contributed by atoms with Gasteiger partial charge in [-0.05, 0) is 48.2 Å². The van der Waals surface area contributed by atoms with Crippen molar-refractivity contribution in [1.82, 2.24) is 4.90 Å². The van der Waals surface area contributed by atoms with Crippen molar-refractivity contribution in [3.63, 3.8) is 0 Å². The number of ether oxygens (including phenoxy) is 1. The minimum atomic E-state index is -1.15. The van der Waals surface area contributed by atoms with Crippen molar-refractivity contribution >= 4 is 35.1 Å². The highest BCUT2D eigenvalue weighted by molar-refractivity contribution is 6.30. The number of piperidine rings is 1. The van der Waals surface area contributed by atoms with Crippen LogP contribution in [0.4, 0.5) is 0 Å².